The number of imide groups is 1. The van der Waals surface area contributed by atoms with Crippen LogP contribution in [0.15, 0.2) is 0 Å². The molecule has 19 heavy (non-hydrogen) atoms. The number of thioether (sulfide) groups is 1. The van der Waals surface area contributed by atoms with Gasteiger partial charge in [0.1, 0.15) is 5.78 Å². The van der Waals surface area contributed by atoms with Gasteiger partial charge in [0.05, 0.1) is 11.8 Å². The SMILES string of the molecule is CNCC(=O)CCCCCN1C(=O)CC(SC)C1=O. The van der Waals surface area contributed by atoms with E-state index in [4.69, 9.17) is 0 Å². The van der Waals surface area contributed by atoms with E-state index in [0.717, 1.165) is 19.3 Å². The van der Waals surface area contributed by atoms with Gasteiger partial charge in [-0.2, -0.15) is 11.8 Å². The van der Waals surface area contributed by atoms with Gasteiger partial charge in [-0.15, -0.1) is 0 Å². The van der Waals surface area contributed by atoms with E-state index in [2.05, 4.69) is 5.32 Å². The van der Waals surface area contributed by atoms with E-state index in [1.165, 1.54) is 16.7 Å². The van der Waals surface area contributed by atoms with Crippen LogP contribution in [0.2, 0.25) is 0 Å². The number of likely N-dealkylation sites (tertiary alicyclic amines) is 1. The van der Waals surface area contributed by atoms with Crippen LogP contribution in [0.5, 0.6) is 0 Å². The van der Waals surface area contributed by atoms with Crippen LogP contribution in [0.1, 0.15) is 32.1 Å². The third-order valence-corrected chi connectivity index (χ3v) is 4.14. The number of ketones is 1. The molecular formula is C13H22N2O3S. The normalized spacial score (nSPS) is 19.3. The topological polar surface area (TPSA) is 66.5 Å². The van der Waals surface area contributed by atoms with Crippen LogP contribution >= 0.6 is 11.8 Å². The second kappa shape index (κ2) is 8.32. The number of unbranched alkanes of at least 4 members (excludes halogenated alkanes) is 2. The molecule has 1 N–H and O–H groups in total. The molecule has 5 nitrogen and oxygen atoms in total. The van der Waals surface area contributed by atoms with Gasteiger partial charge < -0.3 is 5.32 Å². The fraction of sp³-hybridized carbons (Fsp3) is 0.769. The molecule has 0 aliphatic carbocycles. The van der Waals surface area contributed by atoms with E-state index < -0.39 is 0 Å². The molecule has 108 valence electrons. The van der Waals surface area contributed by atoms with E-state index in [0.29, 0.717) is 25.9 Å². The summed E-state index contributed by atoms with van der Waals surface area (Å²) in [4.78, 5) is 36.1. The predicted molar refractivity (Wildman–Crippen MR) is 76.0 cm³/mol. The maximum atomic E-state index is 11.8. The van der Waals surface area contributed by atoms with Crippen LogP contribution < -0.4 is 5.32 Å². The van der Waals surface area contributed by atoms with Crippen molar-refractivity contribution in [3.8, 4) is 0 Å². The van der Waals surface area contributed by atoms with E-state index in [-0.39, 0.29) is 22.8 Å². The van der Waals surface area contributed by atoms with Crippen molar-refractivity contribution in [2.24, 2.45) is 0 Å². The molecule has 1 rings (SSSR count). The van der Waals surface area contributed by atoms with Crippen molar-refractivity contribution in [1.29, 1.82) is 0 Å². The Hall–Kier alpha value is -0.880. The highest BCUT2D eigenvalue weighted by molar-refractivity contribution is 8.00. The van der Waals surface area contributed by atoms with Crippen LogP contribution in [-0.4, -0.2) is 54.1 Å². The largest absolute Gasteiger partial charge is 0.313 e. The van der Waals surface area contributed by atoms with Crippen molar-refractivity contribution in [1.82, 2.24) is 10.2 Å². The summed E-state index contributed by atoms with van der Waals surface area (Å²) in [6, 6.07) is 0. The smallest absolute Gasteiger partial charge is 0.242 e. The number of hydrogen-bond donors (Lipinski definition) is 1. The molecule has 0 radical (unpaired) electrons. The summed E-state index contributed by atoms with van der Waals surface area (Å²) in [6.07, 6.45) is 5.23. The fourth-order valence-electron chi connectivity index (χ4n) is 2.13. The van der Waals surface area contributed by atoms with Gasteiger partial charge in [0.2, 0.25) is 11.8 Å². The molecule has 1 fully saturated rings. The second-order valence-electron chi connectivity index (χ2n) is 4.69. The Kier molecular flexibility index (Phi) is 7.09. The van der Waals surface area contributed by atoms with Crippen molar-refractivity contribution in [3.05, 3.63) is 0 Å². The molecule has 6 heteroatoms. The van der Waals surface area contributed by atoms with Gasteiger partial charge in [-0.3, -0.25) is 19.3 Å². The lowest BCUT2D eigenvalue weighted by Crippen LogP contribution is -2.32. The summed E-state index contributed by atoms with van der Waals surface area (Å²) in [7, 11) is 1.75. The van der Waals surface area contributed by atoms with E-state index in [9.17, 15) is 14.4 Å². The molecule has 1 aliphatic heterocycles. The average Bonchev–Trinajstić information content (AvgIpc) is 2.65. The Labute approximate surface area is 118 Å². The number of Topliss-reactive ketones (excluding diaryl/α,β-unsaturated/α-hetero) is 1. The zero-order valence-electron chi connectivity index (χ0n) is 11.6. The molecule has 0 bridgehead atoms. The van der Waals surface area contributed by atoms with Crippen LogP contribution in [0.25, 0.3) is 0 Å². The minimum atomic E-state index is -0.190. The summed E-state index contributed by atoms with van der Waals surface area (Å²) in [6.45, 7) is 0.910. The highest BCUT2D eigenvalue weighted by Crippen LogP contribution is 2.23. The van der Waals surface area contributed by atoms with E-state index >= 15 is 0 Å². The van der Waals surface area contributed by atoms with E-state index in [1.807, 2.05) is 6.26 Å². The zero-order chi connectivity index (χ0) is 14.3. The van der Waals surface area contributed by atoms with Crippen molar-refractivity contribution in [2.75, 3.05) is 26.4 Å². The summed E-state index contributed by atoms with van der Waals surface area (Å²) in [5.41, 5.74) is 0. The monoisotopic (exact) mass is 286 g/mol. The third kappa shape index (κ3) is 4.95. The molecular weight excluding hydrogens is 264 g/mol. The maximum absolute atomic E-state index is 11.8. The van der Waals surface area contributed by atoms with Crippen molar-refractivity contribution in [2.45, 2.75) is 37.4 Å². The quantitative estimate of drug-likeness (QED) is 0.502. The van der Waals surface area contributed by atoms with Crippen molar-refractivity contribution in [3.63, 3.8) is 0 Å². The summed E-state index contributed by atoms with van der Waals surface area (Å²) in [5.74, 6) is 0.0950. The molecule has 1 aliphatic rings. The van der Waals surface area contributed by atoms with Crippen LogP contribution in [0.4, 0.5) is 0 Å². The lowest BCUT2D eigenvalue weighted by Gasteiger charge is -2.14. The van der Waals surface area contributed by atoms with Crippen molar-refractivity contribution < 1.29 is 14.4 Å². The molecule has 1 atom stereocenters. The molecule has 0 saturated carbocycles. The standard InChI is InChI=1S/C13H22N2O3S/c1-14-9-10(16)6-4-3-5-7-15-12(17)8-11(19-2)13(15)18/h11,14H,3-9H2,1-2H3. The summed E-state index contributed by atoms with van der Waals surface area (Å²) >= 11 is 1.44. The number of amides is 2. The minimum absolute atomic E-state index is 0.0521. The fourth-order valence-corrected chi connectivity index (χ4v) is 2.76. The zero-order valence-corrected chi connectivity index (χ0v) is 12.4. The lowest BCUT2D eigenvalue weighted by molar-refractivity contribution is -0.138. The number of nitrogens with zero attached hydrogens (tertiary/aromatic N) is 1. The minimum Gasteiger partial charge on any atom is -0.313 e. The van der Waals surface area contributed by atoms with Crippen LogP contribution in [0, 0.1) is 0 Å². The summed E-state index contributed by atoms with van der Waals surface area (Å²) < 4.78 is 0. The Balaban J connectivity index is 2.18. The molecule has 0 aromatic rings. The number of nitrogens with one attached hydrogen (secondary N) is 1. The van der Waals surface area contributed by atoms with Gasteiger partial charge >= 0.3 is 0 Å². The molecule has 0 spiro atoms. The molecule has 0 aromatic heterocycles. The van der Waals surface area contributed by atoms with Gasteiger partial charge in [0.25, 0.3) is 0 Å². The highest BCUT2D eigenvalue weighted by Gasteiger charge is 2.37. The molecule has 0 aromatic carbocycles. The molecule has 1 heterocycles. The number of likely N-dealkylation sites (N-methyl/N-ethyl adjacent to an activating group) is 1. The van der Waals surface area contributed by atoms with Crippen molar-refractivity contribution >= 4 is 29.4 Å². The predicted octanol–water partition coefficient (Wildman–Crippen LogP) is 0.826. The Morgan fingerprint density at radius 3 is 2.68 bits per heavy atom. The number of hydrogen-bond acceptors (Lipinski definition) is 5. The van der Waals surface area contributed by atoms with Gasteiger partial charge in [-0.05, 0) is 26.1 Å². The van der Waals surface area contributed by atoms with Gasteiger partial charge in [-0.25, -0.2) is 0 Å². The number of carbonyl (C=O) groups excluding carboxylic acids is 3. The first-order valence-corrected chi connectivity index (χ1v) is 7.92. The van der Waals surface area contributed by atoms with Crippen LogP contribution in [0.3, 0.4) is 0 Å². The highest BCUT2D eigenvalue weighted by atomic mass is 32.2. The number of rotatable bonds is 9. The third-order valence-electron chi connectivity index (χ3n) is 3.20. The Bertz CT molecular complexity index is 347. The first kappa shape index (κ1) is 16.2. The van der Waals surface area contributed by atoms with E-state index in [1.54, 1.807) is 7.05 Å². The van der Waals surface area contributed by atoms with Gasteiger partial charge in [0.15, 0.2) is 0 Å². The lowest BCUT2D eigenvalue weighted by atomic mass is 10.1. The second-order valence-corrected chi connectivity index (χ2v) is 5.73. The van der Waals surface area contributed by atoms with Gasteiger partial charge in [0, 0.05) is 19.4 Å². The molecule has 2 amide bonds. The maximum Gasteiger partial charge on any atom is 0.242 e. The molecule has 1 saturated heterocycles. The average molecular weight is 286 g/mol. The van der Waals surface area contributed by atoms with Gasteiger partial charge in [-0.1, -0.05) is 6.42 Å². The first-order valence-electron chi connectivity index (χ1n) is 6.63. The number of carbonyl (C=O) groups is 3. The summed E-state index contributed by atoms with van der Waals surface area (Å²) in [5, 5.41) is 2.64. The molecule has 1 unspecified atom stereocenters. The Morgan fingerprint density at radius 1 is 1.37 bits per heavy atom. The first-order chi connectivity index (χ1) is 9.10. The Morgan fingerprint density at radius 2 is 2.11 bits per heavy atom. The van der Waals surface area contributed by atoms with Crippen LogP contribution in [-0.2, 0) is 14.4 Å².